The number of methoxy groups -OCH3 is 1. The molecule has 0 amide bonds. The van der Waals surface area contributed by atoms with Crippen molar-refractivity contribution in [3.05, 3.63) is 42.0 Å². The third-order valence-electron chi connectivity index (χ3n) is 3.37. The van der Waals surface area contributed by atoms with Crippen LogP contribution in [0, 0.1) is 0 Å². The van der Waals surface area contributed by atoms with E-state index in [4.69, 9.17) is 4.74 Å². The van der Waals surface area contributed by atoms with E-state index in [0.29, 0.717) is 0 Å². The molecule has 5 nitrogen and oxygen atoms in total. The standard InChI is InChI=1S/C15H22N4O/c1-4-9-19-15(14(20-3)11-18-19)13(16-2)10-12-5-7-17-8-6-12/h5-8,11,13,16H,4,9-10H2,1-3H3. The Bertz CT molecular complexity index is 524. The summed E-state index contributed by atoms with van der Waals surface area (Å²) in [5.74, 6) is 0.840. The van der Waals surface area contributed by atoms with Gasteiger partial charge in [-0.2, -0.15) is 5.10 Å². The normalized spacial score (nSPS) is 12.3. The summed E-state index contributed by atoms with van der Waals surface area (Å²) >= 11 is 0. The van der Waals surface area contributed by atoms with Crippen molar-refractivity contribution in [1.29, 1.82) is 0 Å². The van der Waals surface area contributed by atoms with E-state index in [9.17, 15) is 0 Å². The number of aryl methyl sites for hydroxylation is 1. The van der Waals surface area contributed by atoms with Crippen LogP contribution < -0.4 is 10.1 Å². The quantitative estimate of drug-likeness (QED) is 0.841. The van der Waals surface area contributed by atoms with E-state index in [1.807, 2.05) is 36.3 Å². The Labute approximate surface area is 120 Å². The lowest BCUT2D eigenvalue weighted by Gasteiger charge is -2.19. The summed E-state index contributed by atoms with van der Waals surface area (Å²) in [5.41, 5.74) is 2.35. The van der Waals surface area contributed by atoms with Crippen LogP contribution in [0.4, 0.5) is 0 Å². The van der Waals surface area contributed by atoms with Gasteiger partial charge in [0.25, 0.3) is 0 Å². The van der Waals surface area contributed by atoms with Crippen molar-refractivity contribution in [3.63, 3.8) is 0 Å². The van der Waals surface area contributed by atoms with E-state index >= 15 is 0 Å². The van der Waals surface area contributed by atoms with Crippen molar-refractivity contribution in [2.45, 2.75) is 32.4 Å². The van der Waals surface area contributed by atoms with Crippen molar-refractivity contribution in [2.24, 2.45) is 0 Å². The van der Waals surface area contributed by atoms with Crippen LogP contribution in [-0.2, 0) is 13.0 Å². The minimum Gasteiger partial charge on any atom is -0.493 e. The maximum Gasteiger partial charge on any atom is 0.161 e. The van der Waals surface area contributed by atoms with Crippen LogP contribution in [0.25, 0.3) is 0 Å². The van der Waals surface area contributed by atoms with Gasteiger partial charge < -0.3 is 10.1 Å². The number of hydrogen-bond acceptors (Lipinski definition) is 4. The molecule has 2 aromatic rings. The summed E-state index contributed by atoms with van der Waals surface area (Å²) < 4.78 is 7.49. The molecular formula is C15H22N4O. The first kappa shape index (κ1) is 14.5. The van der Waals surface area contributed by atoms with Gasteiger partial charge in [-0.3, -0.25) is 9.67 Å². The molecule has 0 aliphatic carbocycles. The molecule has 108 valence electrons. The molecule has 0 saturated carbocycles. The van der Waals surface area contributed by atoms with Crippen LogP contribution in [0.5, 0.6) is 5.75 Å². The lowest BCUT2D eigenvalue weighted by Crippen LogP contribution is -2.23. The van der Waals surface area contributed by atoms with Gasteiger partial charge in [0.05, 0.1) is 25.0 Å². The molecule has 2 aromatic heterocycles. The second kappa shape index (κ2) is 7.05. The topological polar surface area (TPSA) is 52.0 Å². The fraction of sp³-hybridized carbons (Fsp3) is 0.467. The molecule has 0 aromatic carbocycles. The smallest absolute Gasteiger partial charge is 0.161 e. The Morgan fingerprint density at radius 3 is 2.70 bits per heavy atom. The Balaban J connectivity index is 2.28. The van der Waals surface area contributed by atoms with Crippen molar-refractivity contribution in [3.8, 4) is 5.75 Å². The molecule has 0 radical (unpaired) electrons. The molecule has 0 spiro atoms. The molecule has 0 aliphatic rings. The minimum absolute atomic E-state index is 0.168. The van der Waals surface area contributed by atoms with E-state index in [1.54, 1.807) is 13.3 Å². The van der Waals surface area contributed by atoms with Gasteiger partial charge in [-0.1, -0.05) is 6.92 Å². The first-order chi connectivity index (χ1) is 9.80. The summed E-state index contributed by atoms with van der Waals surface area (Å²) in [4.78, 5) is 4.06. The molecule has 5 heteroatoms. The number of nitrogens with zero attached hydrogens (tertiary/aromatic N) is 3. The molecule has 0 saturated heterocycles. The zero-order chi connectivity index (χ0) is 14.4. The second-order valence-electron chi connectivity index (χ2n) is 4.72. The SMILES string of the molecule is CCCn1ncc(OC)c1C(Cc1ccncc1)NC. The average molecular weight is 274 g/mol. The summed E-state index contributed by atoms with van der Waals surface area (Å²) in [6.07, 6.45) is 7.36. The van der Waals surface area contributed by atoms with E-state index in [-0.39, 0.29) is 6.04 Å². The lowest BCUT2D eigenvalue weighted by atomic mass is 10.0. The largest absolute Gasteiger partial charge is 0.493 e. The molecule has 2 rings (SSSR count). The molecule has 20 heavy (non-hydrogen) atoms. The highest BCUT2D eigenvalue weighted by atomic mass is 16.5. The van der Waals surface area contributed by atoms with E-state index in [0.717, 1.165) is 30.8 Å². The highest BCUT2D eigenvalue weighted by Crippen LogP contribution is 2.27. The predicted octanol–water partition coefficient (Wildman–Crippen LogP) is 2.20. The van der Waals surface area contributed by atoms with Gasteiger partial charge in [0.15, 0.2) is 5.75 Å². The van der Waals surface area contributed by atoms with Crippen LogP contribution in [0.1, 0.15) is 30.6 Å². The van der Waals surface area contributed by atoms with Crippen LogP contribution in [-0.4, -0.2) is 28.9 Å². The lowest BCUT2D eigenvalue weighted by molar-refractivity contribution is 0.393. The average Bonchev–Trinajstić information content (AvgIpc) is 2.89. The zero-order valence-corrected chi connectivity index (χ0v) is 12.3. The van der Waals surface area contributed by atoms with Crippen LogP contribution in [0.3, 0.4) is 0 Å². The van der Waals surface area contributed by atoms with Crippen molar-refractivity contribution < 1.29 is 4.74 Å². The summed E-state index contributed by atoms with van der Waals surface area (Å²) in [5, 5.41) is 7.79. The summed E-state index contributed by atoms with van der Waals surface area (Å²) in [6, 6.07) is 4.25. The highest BCUT2D eigenvalue weighted by molar-refractivity contribution is 5.30. The Morgan fingerprint density at radius 2 is 2.10 bits per heavy atom. The fourth-order valence-electron chi connectivity index (χ4n) is 2.37. The minimum atomic E-state index is 0.168. The third-order valence-corrected chi connectivity index (χ3v) is 3.37. The Kier molecular flexibility index (Phi) is 5.12. The Hall–Kier alpha value is -1.88. The zero-order valence-electron chi connectivity index (χ0n) is 12.3. The van der Waals surface area contributed by atoms with Gasteiger partial charge in [-0.15, -0.1) is 0 Å². The number of nitrogens with one attached hydrogen (secondary N) is 1. The van der Waals surface area contributed by atoms with E-state index in [2.05, 4.69) is 22.3 Å². The van der Waals surface area contributed by atoms with Gasteiger partial charge >= 0.3 is 0 Å². The molecule has 0 aliphatic heterocycles. The van der Waals surface area contributed by atoms with Gasteiger partial charge in [0, 0.05) is 18.9 Å². The third kappa shape index (κ3) is 3.17. The Morgan fingerprint density at radius 1 is 1.35 bits per heavy atom. The number of ether oxygens (including phenoxy) is 1. The molecule has 0 bridgehead atoms. The van der Waals surface area contributed by atoms with Crippen molar-refractivity contribution >= 4 is 0 Å². The number of pyridine rings is 1. The molecule has 2 heterocycles. The molecule has 1 atom stereocenters. The van der Waals surface area contributed by atoms with E-state index in [1.165, 1.54) is 5.56 Å². The number of aromatic nitrogens is 3. The number of rotatable bonds is 7. The van der Waals surface area contributed by atoms with Gasteiger partial charge in [-0.25, -0.2) is 0 Å². The van der Waals surface area contributed by atoms with Crippen molar-refractivity contribution in [2.75, 3.05) is 14.2 Å². The first-order valence-corrected chi connectivity index (χ1v) is 6.96. The van der Waals surface area contributed by atoms with Crippen LogP contribution in [0.15, 0.2) is 30.7 Å². The fourth-order valence-corrected chi connectivity index (χ4v) is 2.37. The molecular weight excluding hydrogens is 252 g/mol. The summed E-state index contributed by atoms with van der Waals surface area (Å²) in [6.45, 7) is 3.04. The van der Waals surface area contributed by atoms with Crippen molar-refractivity contribution in [1.82, 2.24) is 20.1 Å². The number of likely N-dealkylation sites (N-methyl/N-ethyl adjacent to an activating group) is 1. The monoisotopic (exact) mass is 274 g/mol. The predicted molar refractivity (Wildman–Crippen MR) is 78.8 cm³/mol. The van der Waals surface area contributed by atoms with E-state index < -0.39 is 0 Å². The highest BCUT2D eigenvalue weighted by Gasteiger charge is 2.20. The molecule has 0 fully saturated rings. The maximum absolute atomic E-state index is 5.46. The van der Waals surface area contributed by atoms with Gasteiger partial charge in [-0.05, 0) is 37.6 Å². The molecule has 1 N–H and O–H groups in total. The molecule has 1 unspecified atom stereocenters. The maximum atomic E-state index is 5.46. The van der Waals surface area contributed by atoms with Crippen LogP contribution in [0.2, 0.25) is 0 Å². The van der Waals surface area contributed by atoms with Crippen LogP contribution >= 0.6 is 0 Å². The second-order valence-corrected chi connectivity index (χ2v) is 4.72. The number of hydrogen-bond donors (Lipinski definition) is 1. The summed E-state index contributed by atoms with van der Waals surface area (Å²) in [7, 11) is 3.66. The van der Waals surface area contributed by atoms with Gasteiger partial charge in [0.2, 0.25) is 0 Å². The first-order valence-electron chi connectivity index (χ1n) is 6.96. The van der Waals surface area contributed by atoms with Gasteiger partial charge in [0.1, 0.15) is 0 Å².